The summed E-state index contributed by atoms with van der Waals surface area (Å²) in [4.78, 5) is 6.76. The summed E-state index contributed by atoms with van der Waals surface area (Å²) in [5.41, 5.74) is 1.60. The van der Waals surface area contributed by atoms with E-state index in [0.29, 0.717) is 11.6 Å². The molecule has 1 atom stereocenters. The minimum atomic E-state index is 0.295. The number of aromatic nitrogens is 1. The zero-order valence-electron chi connectivity index (χ0n) is 11.1. The normalized spacial score (nSPS) is 24.8. The third-order valence-electron chi connectivity index (χ3n) is 3.91. The molecule has 0 amide bonds. The molecule has 0 saturated carbocycles. The summed E-state index contributed by atoms with van der Waals surface area (Å²) in [5, 5.41) is 3.40. The van der Waals surface area contributed by atoms with E-state index in [1.807, 2.05) is 18.5 Å². The van der Waals surface area contributed by atoms with E-state index in [1.54, 1.807) is 0 Å². The average Bonchev–Trinajstić information content (AvgIpc) is 2.33. The molecule has 2 rings (SSSR count). The van der Waals surface area contributed by atoms with Gasteiger partial charge in [0.25, 0.3) is 0 Å². The molecule has 1 N–H and O–H groups in total. The molecule has 17 heavy (non-hydrogen) atoms. The first-order valence-electron chi connectivity index (χ1n) is 6.43. The van der Waals surface area contributed by atoms with E-state index < -0.39 is 0 Å². The van der Waals surface area contributed by atoms with Gasteiger partial charge in [0, 0.05) is 37.1 Å². The predicted octanol–water partition coefficient (Wildman–Crippen LogP) is 2.04. The molecule has 1 fully saturated rings. The first-order valence-corrected chi connectivity index (χ1v) is 6.43. The lowest BCUT2D eigenvalue weighted by atomic mass is 9.88. The van der Waals surface area contributed by atoms with Gasteiger partial charge in [0.05, 0.1) is 0 Å². The summed E-state index contributed by atoms with van der Waals surface area (Å²) in [6, 6.07) is 4.80. The molecule has 1 saturated heterocycles. The Morgan fingerprint density at radius 2 is 2.35 bits per heavy atom. The van der Waals surface area contributed by atoms with Crippen molar-refractivity contribution >= 4 is 0 Å². The Balaban J connectivity index is 2.06. The van der Waals surface area contributed by atoms with Crippen LogP contribution >= 0.6 is 0 Å². The maximum Gasteiger partial charge on any atom is 0.0312 e. The lowest BCUT2D eigenvalue weighted by Crippen LogP contribution is -2.54. The fourth-order valence-electron chi connectivity index (χ4n) is 2.52. The average molecular weight is 233 g/mol. The Kier molecular flexibility index (Phi) is 3.79. The summed E-state index contributed by atoms with van der Waals surface area (Å²) < 4.78 is 0. The highest BCUT2D eigenvalue weighted by atomic mass is 15.2. The van der Waals surface area contributed by atoms with E-state index in [0.717, 1.165) is 13.1 Å². The van der Waals surface area contributed by atoms with Gasteiger partial charge in [-0.05, 0) is 45.4 Å². The number of likely N-dealkylation sites (tertiary alicyclic amines) is 1. The number of nitrogens with zero attached hydrogens (tertiary/aromatic N) is 2. The molecule has 0 radical (unpaired) electrons. The molecule has 1 unspecified atom stereocenters. The smallest absolute Gasteiger partial charge is 0.0312 e. The van der Waals surface area contributed by atoms with Crippen LogP contribution in [0.15, 0.2) is 24.5 Å². The second-order valence-corrected chi connectivity index (χ2v) is 5.58. The van der Waals surface area contributed by atoms with Crippen molar-refractivity contribution in [1.29, 1.82) is 0 Å². The van der Waals surface area contributed by atoms with E-state index in [-0.39, 0.29) is 0 Å². The van der Waals surface area contributed by atoms with Gasteiger partial charge in [0.2, 0.25) is 0 Å². The number of rotatable bonds is 3. The lowest BCUT2D eigenvalue weighted by Gasteiger charge is -2.45. The van der Waals surface area contributed by atoms with Gasteiger partial charge >= 0.3 is 0 Å². The van der Waals surface area contributed by atoms with Crippen molar-refractivity contribution in [3.8, 4) is 0 Å². The van der Waals surface area contributed by atoms with Crippen LogP contribution in [0.5, 0.6) is 0 Å². The largest absolute Gasteiger partial charge is 0.316 e. The van der Waals surface area contributed by atoms with Gasteiger partial charge in [-0.2, -0.15) is 0 Å². The standard InChI is InChI=1S/C14H23N3/c1-14(2)7-6-13(15-3)11-17(14)10-12-5-4-8-16-9-12/h4-5,8-9,13,15H,6-7,10-11H2,1-3H3. The van der Waals surface area contributed by atoms with Crippen LogP contribution < -0.4 is 5.32 Å². The second kappa shape index (κ2) is 5.15. The minimum Gasteiger partial charge on any atom is -0.316 e. The first-order chi connectivity index (χ1) is 8.12. The SMILES string of the molecule is CNC1CCC(C)(C)N(Cc2cccnc2)C1. The van der Waals surface area contributed by atoms with Crippen molar-refractivity contribution in [1.82, 2.24) is 15.2 Å². The van der Waals surface area contributed by atoms with Gasteiger partial charge in [-0.15, -0.1) is 0 Å². The summed E-state index contributed by atoms with van der Waals surface area (Å²) in [6.07, 6.45) is 6.33. The Bertz CT molecular complexity index is 348. The minimum absolute atomic E-state index is 0.295. The maximum absolute atomic E-state index is 4.19. The highest BCUT2D eigenvalue weighted by molar-refractivity contribution is 5.09. The predicted molar refractivity (Wildman–Crippen MR) is 70.8 cm³/mol. The van der Waals surface area contributed by atoms with Crippen LogP contribution in [0.2, 0.25) is 0 Å². The number of hydrogen-bond acceptors (Lipinski definition) is 3. The lowest BCUT2D eigenvalue weighted by molar-refractivity contribution is 0.0518. The van der Waals surface area contributed by atoms with E-state index >= 15 is 0 Å². The van der Waals surface area contributed by atoms with Crippen molar-refractivity contribution in [2.24, 2.45) is 0 Å². The van der Waals surface area contributed by atoms with Crippen LogP contribution in [-0.4, -0.2) is 35.1 Å². The molecule has 1 aliphatic heterocycles. The molecule has 1 aliphatic rings. The zero-order valence-corrected chi connectivity index (χ0v) is 11.1. The van der Waals surface area contributed by atoms with Crippen LogP contribution in [0.3, 0.4) is 0 Å². The molecular formula is C14H23N3. The molecule has 0 bridgehead atoms. The molecule has 3 nitrogen and oxygen atoms in total. The van der Waals surface area contributed by atoms with Gasteiger partial charge in [0.1, 0.15) is 0 Å². The van der Waals surface area contributed by atoms with Crippen molar-refractivity contribution in [2.75, 3.05) is 13.6 Å². The number of piperidine rings is 1. The number of nitrogens with one attached hydrogen (secondary N) is 1. The van der Waals surface area contributed by atoms with Gasteiger partial charge in [-0.1, -0.05) is 6.07 Å². The van der Waals surface area contributed by atoms with Gasteiger partial charge in [0.15, 0.2) is 0 Å². The third kappa shape index (κ3) is 3.05. The molecule has 1 aromatic rings. The summed E-state index contributed by atoms with van der Waals surface area (Å²) in [6.45, 7) is 6.81. The third-order valence-corrected chi connectivity index (χ3v) is 3.91. The molecule has 94 valence electrons. The van der Waals surface area contributed by atoms with Gasteiger partial charge in [-0.3, -0.25) is 9.88 Å². The van der Waals surface area contributed by atoms with Gasteiger partial charge < -0.3 is 5.32 Å². The van der Waals surface area contributed by atoms with Crippen LogP contribution in [0.4, 0.5) is 0 Å². The summed E-state index contributed by atoms with van der Waals surface area (Å²) in [5.74, 6) is 0. The van der Waals surface area contributed by atoms with Crippen LogP contribution in [0.25, 0.3) is 0 Å². The Morgan fingerprint density at radius 1 is 1.53 bits per heavy atom. The highest BCUT2D eigenvalue weighted by Crippen LogP contribution is 2.28. The topological polar surface area (TPSA) is 28.2 Å². The molecule has 3 heteroatoms. The molecule has 2 heterocycles. The van der Waals surface area contributed by atoms with Crippen molar-refractivity contribution in [3.05, 3.63) is 30.1 Å². The van der Waals surface area contributed by atoms with Crippen molar-refractivity contribution in [2.45, 2.75) is 44.8 Å². The fraction of sp³-hybridized carbons (Fsp3) is 0.643. The number of pyridine rings is 1. The monoisotopic (exact) mass is 233 g/mol. The van der Waals surface area contributed by atoms with Crippen molar-refractivity contribution < 1.29 is 0 Å². The van der Waals surface area contributed by atoms with Crippen LogP contribution in [-0.2, 0) is 6.54 Å². The maximum atomic E-state index is 4.19. The molecule has 0 aliphatic carbocycles. The highest BCUT2D eigenvalue weighted by Gasteiger charge is 2.33. The summed E-state index contributed by atoms with van der Waals surface area (Å²) >= 11 is 0. The first kappa shape index (κ1) is 12.5. The fourth-order valence-corrected chi connectivity index (χ4v) is 2.52. The number of likely N-dealkylation sites (N-methyl/N-ethyl adjacent to an activating group) is 1. The van der Waals surface area contributed by atoms with E-state index in [9.17, 15) is 0 Å². The zero-order chi connectivity index (χ0) is 12.3. The van der Waals surface area contributed by atoms with Crippen LogP contribution in [0, 0.1) is 0 Å². The molecular weight excluding hydrogens is 210 g/mol. The summed E-state index contributed by atoms with van der Waals surface area (Å²) in [7, 11) is 2.06. The molecule has 0 aromatic carbocycles. The quantitative estimate of drug-likeness (QED) is 0.866. The Hall–Kier alpha value is -0.930. The van der Waals surface area contributed by atoms with Crippen molar-refractivity contribution in [3.63, 3.8) is 0 Å². The van der Waals surface area contributed by atoms with E-state index in [1.165, 1.54) is 18.4 Å². The van der Waals surface area contributed by atoms with E-state index in [4.69, 9.17) is 0 Å². The van der Waals surface area contributed by atoms with Gasteiger partial charge in [-0.25, -0.2) is 0 Å². The molecule has 0 spiro atoms. The Morgan fingerprint density at radius 3 is 3.00 bits per heavy atom. The number of hydrogen-bond donors (Lipinski definition) is 1. The second-order valence-electron chi connectivity index (χ2n) is 5.58. The van der Waals surface area contributed by atoms with E-state index in [2.05, 4.69) is 42.2 Å². The van der Waals surface area contributed by atoms with Crippen LogP contribution in [0.1, 0.15) is 32.3 Å². The molecule has 1 aromatic heterocycles. The Labute approximate surface area is 104 Å².